The SMILES string of the molecule is Cc1ccc(CNS(=O)(=O)c2ccc(CO)cc2F)cc1. The molecule has 0 aliphatic heterocycles. The third-order valence-electron chi connectivity index (χ3n) is 3.06. The van der Waals surface area contributed by atoms with Crippen molar-refractivity contribution >= 4 is 10.0 Å². The number of nitrogens with one attached hydrogen (secondary N) is 1. The van der Waals surface area contributed by atoms with Gasteiger partial charge < -0.3 is 5.11 Å². The van der Waals surface area contributed by atoms with Gasteiger partial charge in [0.1, 0.15) is 10.7 Å². The summed E-state index contributed by atoms with van der Waals surface area (Å²) in [6.07, 6.45) is 0. The van der Waals surface area contributed by atoms with Crippen molar-refractivity contribution in [3.63, 3.8) is 0 Å². The molecule has 0 aromatic heterocycles. The largest absolute Gasteiger partial charge is 0.392 e. The number of aryl methyl sites for hydroxylation is 1. The summed E-state index contributed by atoms with van der Waals surface area (Å²) in [4.78, 5) is -0.424. The molecule has 0 saturated carbocycles. The maximum atomic E-state index is 13.8. The first-order chi connectivity index (χ1) is 9.92. The van der Waals surface area contributed by atoms with E-state index in [4.69, 9.17) is 5.11 Å². The van der Waals surface area contributed by atoms with Crippen LogP contribution in [0.25, 0.3) is 0 Å². The summed E-state index contributed by atoms with van der Waals surface area (Å²) < 4.78 is 40.3. The summed E-state index contributed by atoms with van der Waals surface area (Å²) >= 11 is 0. The fraction of sp³-hybridized carbons (Fsp3) is 0.200. The molecule has 0 fully saturated rings. The van der Waals surface area contributed by atoms with Gasteiger partial charge in [-0.1, -0.05) is 35.9 Å². The van der Waals surface area contributed by atoms with Gasteiger partial charge in [0.05, 0.1) is 6.61 Å². The molecule has 0 aliphatic carbocycles. The minimum atomic E-state index is -3.93. The standard InChI is InChI=1S/C15H16FNO3S/c1-11-2-4-12(5-3-11)9-17-21(19,20)15-7-6-13(10-18)8-14(15)16/h2-8,17-18H,9-10H2,1H3. The highest BCUT2D eigenvalue weighted by atomic mass is 32.2. The lowest BCUT2D eigenvalue weighted by atomic mass is 10.2. The Morgan fingerprint density at radius 1 is 1.10 bits per heavy atom. The highest BCUT2D eigenvalue weighted by Gasteiger charge is 2.18. The molecule has 0 atom stereocenters. The van der Waals surface area contributed by atoms with Gasteiger partial charge in [-0.25, -0.2) is 17.5 Å². The summed E-state index contributed by atoms with van der Waals surface area (Å²) in [6.45, 7) is 1.68. The van der Waals surface area contributed by atoms with Gasteiger partial charge in [0.25, 0.3) is 0 Å². The number of sulfonamides is 1. The van der Waals surface area contributed by atoms with Gasteiger partial charge in [0.2, 0.25) is 10.0 Å². The molecule has 0 amide bonds. The van der Waals surface area contributed by atoms with Gasteiger partial charge in [0.15, 0.2) is 0 Å². The van der Waals surface area contributed by atoms with Crippen LogP contribution in [-0.4, -0.2) is 13.5 Å². The fourth-order valence-corrected chi connectivity index (χ4v) is 2.90. The Kier molecular flexibility index (Phi) is 4.72. The van der Waals surface area contributed by atoms with Crippen LogP contribution in [0.3, 0.4) is 0 Å². The van der Waals surface area contributed by atoms with Crippen molar-refractivity contribution in [1.29, 1.82) is 0 Å². The zero-order valence-corrected chi connectivity index (χ0v) is 12.3. The molecule has 4 nitrogen and oxygen atoms in total. The zero-order chi connectivity index (χ0) is 15.5. The van der Waals surface area contributed by atoms with Crippen molar-refractivity contribution in [1.82, 2.24) is 4.72 Å². The van der Waals surface area contributed by atoms with Gasteiger partial charge >= 0.3 is 0 Å². The number of hydrogen-bond acceptors (Lipinski definition) is 3. The smallest absolute Gasteiger partial charge is 0.243 e. The Hall–Kier alpha value is -1.76. The number of aliphatic hydroxyl groups is 1. The second-order valence-corrected chi connectivity index (χ2v) is 6.47. The summed E-state index contributed by atoms with van der Waals surface area (Å²) in [7, 11) is -3.93. The second kappa shape index (κ2) is 6.34. The second-order valence-electron chi connectivity index (χ2n) is 4.73. The lowest BCUT2D eigenvalue weighted by Crippen LogP contribution is -2.24. The Bertz CT molecular complexity index is 727. The van der Waals surface area contributed by atoms with E-state index in [1.165, 1.54) is 6.07 Å². The van der Waals surface area contributed by atoms with E-state index in [-0.39, 0.29) is 13.2 Å². The van der Waals surface area contributed by atoms with Crippen LogP contribution in [0.2, 0.25) is 0 Å². The molecule has 0 heterocycles. The topological polar surface area (TPSA) is 66.4 Å². The molecule has 2 N–H and O–H groups in total. The fourth-order valence-electron chi connectivity index (χ4n) is 1.82. The summed E-state index contributed by atoms with van der Waals surface area (Å²) in [6, 6.07) is 10.9. The molecule has 0 saturated heterocycles. The molecule has 0 bridgehead atoms. The number of aliphatic hydroxyl groups excluding tert-OH is 1. The first-order valence-corrected chi connectivity index (χ1v) is 7.85. The van der Waals surface area contributed by atoms with Crippen molar-refractivity contribution in [2.24, 2.45) is 0 Å². The molecule has 0 radical (unpaired) electrons. The molecule has 6 heteroatoms. The summed E-state index contributed by atoms with van der Waals surface area (Å²) in [5.41, 5.74) is 2.19. The van der Waals surface area contributed by atoms with Crippen LogP contribution in [0.5, 0.6) is 0 Å². The predicted octanol–water partition coefficient (Wildman–Crippen LogP) is 2.10. The van der Waals surface area contributed by atoms with Crippen LogP contribution in [0.15, 0.2) is 47.4 Å². The van der Waals surface area contributed by atoms with Gasteiger partial charge in [-0.3, -0.25) is 0 Å². The number of halogens is 1. The molecular weight excluding hydrogens is 293 g/mol. The zero-order valence-electron chi connectivity index (χ0n) is 11.5. The molecule has 2 aromatic rings. The van der Waals surface area contributed by atoms with Gasteiger partial charge in [-0.2, -0.15) is 0 Å². The number of benzene rings is 2. The molecule has 21 heavy (non-hydrogen) atoms. The van der Waals surface area contributed by atoms with E-state index in [0.717, 1.165) is 23.3 Å². The van der Waals surface area contributed by atoms with Gasteiger partial charge in [-0.15, -0.1) is 0 Å². The Morgan fingerprint density at radius 3 is 2.29 bits per heavy atom. The third kappa shape index (κ3) is 3.87. The van der Waals surface area contributed by atoms with Crippen LogP contribution < -0.4 is 4.72 Å². The van der Waals surface area contributed by atoms with E-state index in [9.17, 15) is 12.8 Å². The normalized spacial score (nSPS) is 11.6. The average Bonchev–Trinajstić information content (AvgIpc) is 2.46. The first-order valence-electron chi connectivity index (χ1n) is 6.37. The van der Waals surface area contributed by atoms with E-state index >= 15 is 0 Å². The molecule has 0 aliphatic rings. The minimum Gasteiger partial charge on any atom is -0.392 e. The third-order valence-corrected chi connectivity index (χ3v) is 4.49. The highest BCUT2D eigenvalue weighted by molar-refractivity contribution is 7.89. The maximum absolute atomic E-state index is 13.8. The van der Waals surface area contributed by atoms with Crippen LogP contribution >= 0.6 is 0 Å². The average molecular weight is 309 g/mol. The summed E-state index contributed by atoms with van der Waals surface area (Å²) in [5, 5.41) is 8.90. The predicted molar refractivity (Wildman–Crippen MR) is 77.5 cm³/mol. The Balaban J connectivity index is 2.16. The molecular formula is C15H16FNO3S. The molecule has 0 unspecified atom stereocenters. The van der Waals surface area contributed by atoms with Crippen molar-refractivity contribution < 1.29 is 17.9 Å². The minimum absolute atomic E-state index is 0.0871. The van der Waals surface area contributed by atoms with Crippen molar-refractivity contribution in [3.05, 3.63) is 65.0 Å². The quantitative estimate of drug-likeness (QED) is 0.889. The number of rotatable bonds is 5. The summed E-state index contributed by atoms with van der Waals surface area (Å²) in [5.74, 6) is -0.877. The monoisotopic (exact) mass is 309 g/mol. The van der Waals surface area contributed by atoms with Crippen molar-refractivity contribution in [3.8, 4) is 0 Å². The van der Waals surface area contributed by atoms with Crippen LogP contribution in [0.4, 0.5) is 4.39 Å². The first kappa shape index (κ1) is 15.6. The van der Waals surface area contributed by atoms with E-state index in [1.807, 2.05) is 31.2 Å². The molecule has 112 valence electrons. The Morgan fingerprint density at radius 2 is 1.71 bits per heavy atom. The van der Waals surface area contributed by atoms with E-state index in [2.05, 4.69) is 4.72 Å². The molecule has 2 rings (SSSR count). The van der Waals surface area contributed by atoms with Crippen LogP contribution in [0.1, 0.15) is 16.7 Å². The van der Waals surface area contributed by atoms with Crippen molar-refractivity contribution in [2.75, 3.05) is 0 Å². The van der Waals surface area contributed by atoms with Crippen LogP contribution in [-0.2, 0) is 23.2 Å². The van der Waals surface area contributed by atoms with Gasteiger partial charge in [0, 0.05) is 6.54 Å². The Labute approximate surface area is 123 Å². The van der Waals surface area contributed by atoms with E-state index in [1.54, 1.807) is 0 Å². The van der Waals surface area contributed by atoms with Gasteiger partial charge in [-0.05, 0) is 30.2 Å². The van der Waals surface area contributed by atoms with Crippen LogP contribution in [0, 0.1) is 12.7 Å². The molecule has 0 spiro atoms. The van der Waals surface area contributed by atoms with E-state index < -0.39 is 20.7 Å². The highest BCUT2D eigenvalue weighted by Crippen LogP contribution is 2.16. The maximum Gasteiger partial charge on any atom is 0.243 e. The van der Waals surface area contributed by atoms with E-state index in [0.29, 0.717) is 5.56 Å². The molecule has 2 aromatic carbocycles. The van der Waals surface area contributed by atoms with Crippen molar-refractivity contribution in [2.45, 2.75) is 25.0 Å². The lowest BCUT2D eigenvalue weighted by molar-refractivity contribution is 0.281. The lowest BCUT2D eigenvalue weighted by Gasteiger charge is -2.09. The number of hydrogen-bond donors (Lipinski definition) is 2.